The molecule has 80 valence electrons. The van der Waals surface area contributed by atoms with Crippen molar-refractivity contribution in [2.45, 2.75) is 58.4 Å². The summed E-state index contributed by atoms with van der Waals surface area (Å²) in [5.74, 6) is 0. The molecule has 0 amide bonds. The van der Waals surface area contributed by atoms with Crippen molar-refractivity contribution in [1.82, 2.24) is 0 Å². The van der Waals surface area contributed by atoms with Gasteiger partial charge in [-0.2, -0.15) is 5.26 Å². The SMILES string of the molecule is C[C@]1(C#N)CCCC[C@H]1O[Si](C)(C)C. The van der Waals surface area contributed by atoms with Crippen molar-refractivity contribution in [2.24, 2.45) is 5.41 Å². The van der Waals surface area contributed by atoms with Gasteiger partial charge in [0, 0.05) is 0 Å². The average molecular weight is 211 g/mol. The minimum atomic E-state index is -1.50. The number of nitrogens with zero attached hydrogens (tertiary/aromatic N) is 1. The highest BCUT2D eigenvalue weighted by molar-refractivity contribution is 6.69. The Bertz CT molecular complexity index is 241. The molecule has 1 aliphatic carbocycles. The summed E-state index contributed by atoms with van der Waals surface area (Å²) in [6, 6.07) is 2.45. The summed E-state index contributed by atoms with van der Waals surface area (Å²) in [5.41, 5.74) is -0.238. The van der Waals surface area contributed by atoms with Crippen LogP contribution in [-0.2, 0) is 4.43 Å². The van der Waals surface area contributed by atoms with Crippen molar-refractivity contribution in [3.8, 4) is 6.07 Å². The second-order valence-electron chi connectivity index (χ2n) is 5.49. The summed E-state index contributed by atoms with van der Waals surface area (Å²) in [6.07, 6.45) is 4.63. The molecule has 14 heavy (non-hydrogen) atoms. The van der Waals surface area contributed by atoms with Crippen LogP contribution in [0.15, 0.2) is 0 Å². The molecule has 0 N–H and O–H groups in total. The number of hydrogen-bond acceptors (Lipinski definition) is 2. The standard InChI is InChI=1S/C11H21NOSi/c1-11(9-12)8-6-5-7-10(11)13-14(2,3)4/h10H,5-8H2,1-4H3/t10-,11-/m1/s1. The molecule has 0 spiro atoms. The monoisotopic (exact) mass is 211 g/mol. The van der Waals surface area contributed by atoms with E-state index >= 15 is 0 Å². The molecule has 0 aromatic rings. The fourth-order valence-electron chi connectivity index (χ4n) is 2.05. The minimum absolute atomic E-state index is 0.174. The predicted molar refractivity (Wildman–Crippen MR) is 60.4 cm³/mol. The third-order valence-corrected chi connectivity index (χ3v) is 3.87. The van der Waals surface area contributed by atoms with Gasteiger partial charge in [0.05, 0.1) is 17.6 Å². The second kappa shape index (κ2) is 4.04. The van der Waals surface area contributed by atoms with Crippen molar-refractivity contribution in [3.05, 3.63) is 0 Å². The highest BCUT2D eigenvalue weighted by Crippen LogP contribution is 2.38. The van der Waals surface area contributed by atoms with Crippen LogP contribution >= 0.6 is 0 Å². The Labute approximate surface area is 88.4 Å². The minimum Gasteiger partial charge on any atom is -0.413 e. The molecular weight excluding hydrogens is 190 g/mol. The van der Waals surface area contributed by atoms with Gasteiger partial charge in [-0.1, -0.05) is 12.8 Å². The van der Waals surface area contributed by atoms with E-state index < -0.39 is 8.32 Å². The molecule has 1 aliphatic rings. The molecule has 2 nitrogen and oxygen atoms in total. The summed E-state index contributed by atoms with van der Waals surface area (Å²) in [6.45, 7) is 8.63. The van der Waals surface area contributed by atoms with Gasteiger partial charge in [0.25, 0.3) is 0 Å². The van der Waals surface area contributed by atoms with E-state index in [1.807, 2.05) is 0 Å². The highest BCUT2D eigenvalue weighted by atomic mass is 28.4. The lowest BCUT2D eigenvalue weighted by molar-refractivity contribution is 0.0529. The maximum atomic E-state index is 9.20. The first kappa shape index (κ1) is 11.7. The fraction of sp³-hybridized carbons (Fsp3) is 0.909. The Morgan fingerprint density at radius 3 is 2.50 bits per heavy atom. The molecular formula is C11H21NOSi. The van der Waals surface area contributed by atoms with Crippen LogP contribution in [0.4, 0.5) is 0 Å². The zero-order valence-corrected chi connectivity index (χ0v) is 10.8. The van der Waals surface area contributed by atoms with E-state index in [1.165, 1.54) is 12.8 Å². The first-order valence-electron chi connectivity index (χ1n) is 5.46. The summed E-state index contributed by atoms with van der Waals surface area (Å²) >= 11 is 0. The van der Waals surface area contributed by atoms with Crippen molar-refractivity contribution >= 4 is 8.32 Å². The van der Waals surface area contributed by atoms with Gasteiger partial charge in [-0.25, -0.2) is 0 Å². The van der Waals surface area contributed by atoms with Crippen LogP contribution < -0.4 is 0 Å². The molecule has 0 radical (unpaired) electrons. The molecule has 0 bridgehead atoms. The maximum absolute atomic E-state index is 9.20. The van der Waals surface area contributed by atoms with Gasteiger partial charge in [-0.15, -0.1) is 0 Å². The lowest BCUT2D eigenvalue weighted by Gasteiger charge is -2.39. The summed E-state index contributed by atoms with van der Waals surface area (Å²) in [5, 5.41) is 9.20. The van der Waals surface area contributed by atoms with Gasteiger partial charge in [0.2, 0.25) is 0 Å². The Morgan fingerprint density at radius 1 is 1.36 bits per heavy atom. The third-order valence-electron chi connectivity index (χ3n) is 2.87. The largest absolute Gasteiger partial charge is 0.413 e. The van der Waals surface area contributed by atoms with E-state index in [2.05, 4.69) is 32.6 Å². The van der Waals surface area contributed by atoms with Gasteiger partial charge in [-0.05, 0) is 39.4 Å². The van der Waals surface area contributed by atoms with Gasteiger partial charge < -0.3 is 4.43 Å². The molecule has 0 aliphatic heterocycles. The van der Waals surface area contributed by atoms with Crippen molar-refractivity contribution in [3.63, 3.8) is 0 Å². The lowest BCUT2D eigenvalue weighted by atomic mass is 9.75. The van der Waals surface area contributed by atoms with Crippen LogP contribution in [0, 0.1) is 16.7 Å². The van der Waals surface area contributed by atoms with Crippen LogP contribution in [0.25, 0.3) is 0 Å². The highest BCUT2D eigenvalue weighted by Gasteiger charge is 2.39. The summed E-state index contributed by atoms with van der Waals surface area (Å²) in [7, 11) is -1.50. The van der Waals surface area contributed by atoms with E-state index in [1.54, 1.807) is 0 Å². The maximum Gasteiger partial charge on any atom is 0.184 e. The Balaban J connectivity index is 2.70. The molecule has 2 atom stereocenters. The Hall–Kier alpha value is -0.333. The van der Waals surface area contributed by atoms with Crippen molar-refractivity contribution in [1.29, 1.82) is 5.26 Å². The van der Waals surface area contributed by atoms with E-state index in [0.717, 1.165) is 12.8 Å². The summed E-state index contributed by atoms with van der Waals surface area (Å²) in [4.78, 5) is 0. The van der Waals surface area contributed by atoms with Gasteiger partial charge in [0.1, 0.15) is 0 Å². The molecule has 1 rings (SSSR count). The average Bonchev–Trinajstić information content (AvgIpc) is 2.07. The normalized spacial score (nSPS) is 33.8. The molecule has 0 saturated heterocycles. The second-order valence-corrected chi connectivity index (χ2v) is 9.95. The Morgan fingerprint density at radius 2 is 2.00 bits per heavy atom. The van der Waals surface area contributed by atoms with Crippen molar-refractivity contribution in [2.75, 3.05) is 0 Å². The number of hydrogen-bond donors (Lipinski definition) is 0. The molecule has 0 heterocycles. The smallest absolute Gasteiger partial charge is 0.184 e. The number of rotatable bonds is 2. The molecule has 3 heteroatoms. The number of nitriles is 1. The van der Waals surface area contributed by atoms with E-state index in [-0.39, 0.29) is 11.5 Å². The fourth-order valence-corrected chi connectivity index (χ4v) is 3.28. The molecule has 1 saturated carbocycles. The predicted octanol–water partition coefficient (Wildman–Crippen LogP) is 3.31. The first-order valence-corrected chi connectivity index (χ1v) is 8.87. The topological polar surface area (TPSA) is 33.0 Å². The van der Waals surface area contributed by atoms with Gasteiger partial charge in [-0.3, -0.25) is 0 Å². The third kappa shape index (κ3) is 2.83. The van der Waals surface area contributed by atoms with Gasteiger partial charge in [0.15, 0.2) is 8.32 Å². The van der Waals surface area contributed by atoms with E-state index in [4.69, 9.17) is 4.43 Å². The zero-order chi connectivity index (χ0) is 10.8. The lowest BCUT2D eigenvalue weighted by Crippen LogP contribution is -2.43. The van der Waals surface area contributed by atoms with E-state index in [0.29, 0.717) is 0 Å². The molecule has 0 aromatic heterocycles. The first-order chi connectivity index (χ1) is 6.37. The molecule has 0 aromatic carbocycles. The van der Waals surface area contributed by atoms with E-state index in [9.17, 15) is 5.26 Å². The van der Waals surface area contributed by atoms with Gasteiger partial charge >= 0.3 is 0 Å². The van der Waals surface area contributed by atoms with Crippen LogP contribution in [0.3, 0.4) is 0 Å². The van der Waals surface area contributed by atoms with Crippen LogP contribution in [0.2, 0.25) is 19.6 Å². The summed E-state index contributed by atoms with van der Waals surface area (Å²) < 4.78 is 6.10. The van der Waals surface area contributed by atoms with Crippen LogP contribution in [0.5, 0.6) is 0 Å². The van der Waals surface area contributed by atoms with Crippen molar-refractivity contribution < 1.29 is 4.43 Å². The Kier molecular flexibility index (Phi) is 3.39. The molecule has 0 unspecified atom stereocenters. The zero-order valence-electron chi connectivity index (χ0n) is 9.76. The molecule has 1 fully saturated rings. The van der Waals surface area contributed by atoms with Crippen LogP contribution in [-0.4, -0.2) is 14.4 Å². The van der Waals surface area contributed by atoms with Crippen LogP contribution in [0.1, 0.15) is 32.6 Å². The quantitative estimate of drug-likeness (QED) is 0.656.